The highest BCUT2D eigenvalue weighted by atomic mass is 19.4. The number of carbonyl (C=O) groups is 3. The number of primary amides is 1. The second-order valence-corrected chi connectivity index (χ2v) is 8.01. The Morgan fingerprint density at radius 1 is 1.28 bits per heavy atom. The maximum atomic E-state index is 12.8. The van der Waals surface area contributed by atoms with Crippen LogP contribution in [0.4, 0.5) is 18.0 Å². The van der Waals surface area contributed by atoms with E-state index in [1.165, 1.54) is 19.2 Å². The molecule has 1 aromatic heterocycles. The van der Waals surface area contributed by atoms with E-state index in [0.717, 1.165) is 11.8 Å². The molecule has 1 aliphatic heterocycles. The number of carbonyl (C=O) groups excluding carboxylic acids is 3. The fourth-order valence-corrected chi connectivity index (χ4v) is 3.93. The number of nitrogens with one attached hydrogen (secondary N) is 1. The van der Waals surface area contributed by atoms with Gasteiger partial charge in [0.25, 0.3) is 11.8 Å². The Balaban J connectivity index is 1.61. The molecule has 1 aliphatic carbocycles. The van der Waals surface area contributed by atoms with E-state index in [4.69, 9.17) is 15.2 Å². The zero-order chi connectivity index (χ0) is 23.6. The monoisotopic (exact) mass is 458 g/mol. The van der Waals surface area contributed by atoms with Gasteiger partial charge in [0.15, 0.2) is 0 Å². The van der Waals surface area contributed by atoms with Gasteiger partial charge in [-0.2, -0.15) is 18.2 Å². The van der Waals surface area contributed by atoms with E-state index in [2.05, 4.69) is 10.3 Å². The van der Waals surface area contributed by atoms with Gasteiger partial charge in [0.2, 0.25) is 11.8 Å². The zero-order valence-electron chi connectivity index (χ0n) is 17.6. The lowest BCUT2D eigenvalue weighted by atomic mass is 9.91. The van der Waals surface area contributed by atoms with Crippen LogP contribution in [0.5, 0.6) is 11.8 Å². The summed E-state index contributed by atoms with van der Waals surface area (Å²) in [5, 5.41) is 2.37. The smallest absolute Gasteiger partial charge is 0.391 e. The van der Waals surface area contributed by atoms with Crippen LogP contribution in [0, 0.1) is 5.92 Å². The third-order valence-electron chi connectivity index (χ3n) is 5.80. The maximum Gasteiger partial charge on any atom is 0.391 e. The number of rotatable bonds is 7. The molecule has 2 heterocycles. The summed E-state index contributed by atoms with van der Waals surface area (Å²) in [4.78, 5) is 41.7. The minimum atomic E-state index is -4.44. The molecule has 3 N–H and O–H groups in total. The molecule has 2 aliphatic rings. The number of amides is 4. The fraction of sp³-hybridized carbons (Fsp3) is 0.600. The first-order valence-electron chi connectivity index (χ1n) is 10.2. The molecular formula is C20H25F3N4O5. The highest BCUT2D eigenvalue weighted by Gasteiger charge is 2.46. The molecule has 3 rings (SSSR count). The van der Waals surface area contributed by atoms with Crippen molar-refractivity contribution in [2.24, 2.45) is 11.7 Å². The molecule has 1 unspecified atom stereocenters. The number of methoxy groups -OCH3 is 1. The summed E-state index contributed by atoms with van der Waals surface area (Å²) in [6, 6.07) is 0.626. The highest BCUT2D eigenvalue weighted by Crippen LogP contribution is 2.33. The second kappa shape index (κ2) is 9.21. The number of nitrogens with zero attached hydrogens (tertiary/aromatic N) is 2. The molecule has 1 aromatic rings. The Bertz CT molecular complexity index is 886. The standard InChI is InChI=1S/C20H25F3N4O5/c1-10(20(21,22)23)9-14-18(29)27(19(30)25-14)11-3-5-12(6-4-11)32-17-13(16(24)28)7-8-15(26-17)31-2/h7-8,10-12,14H,3-6,9H2,1-2H3,(H2,24,28)(H,25,30)/t10?,11-,12-,14-/m0/s1. The molecule has 0 bridgehead atoms. The average molecular weight is 458 g/mol. The highest BCUT2D eigenvalue weighted by molar-refractivity contribution is 6.04. The van der Waals surface area contributed by atoms with Crippen LogP contribution >= 0.6 is 0 Å². The van der Waals surface area contributed by atoms with E-state index < -0.39 is 48.4 Å². The Hall–Kier alpha value is -3.05. The van der Waals surface area contributed by atoms with Crippen molar-refractivity contribution in [3.8, 4) is 11.8 Å². The summed E-state index contributed by atoms with van der Waals surface area (Å²) in [6.45, 7) is 0.984. The number of nitrogens with two attached hydrogens (primary N) is 1. The molecule has 0 spiro atoms. The number of aromatic nitrogens is 1. The first-order valence-corrected chi connectivity index (χ1v) is 10.2. The van der Waals surface area contributed by atoms with Crippen molar-refractivity contribution >= 4 is 17.8 Å². The first kappa shape index (κ1) is 23.6. The summed E-state index contributed by atoms with van der Waals surface area (Å²) in [5.41, 5.74) is 5.46. The molecule has 2 atom stereocenters. The van der Waals surface area contributed by atoms with Crippen molar-refractivity contribution in [3.63, 3.8) is 0 Å². The summed E-state index contributed by atoms with van der Waals surface area (Å²) in [7, 11) is 1.42. The quantitative estimate of drug-likeness (QED) is 0.605. The predicted octanol–water partition coefficient (Wildman–Crippen LogP) is 2.39. The van der Waals surface area contributed by atoms with Gasteiger partial charge < -0.3 is 20.5 Å². The number of imide groups is 1. The van der Waals surface area contributed by atoms with Crippen molar-refractivity contribution in [3.05, 3.63) is 17.7 Å². The van der Waals surface area contributed by atoms with Gasteiger partial charge in [0, 0.05) is 12.1 Å². The fourth-order valence-electron chi connectivity index (χ4n) is 3.93. The van der Waals surface area contributed by atoms with E-state index in [9.17, 15) is 27.6 Å². The Kier molecular flexibility index (Phi) is 6.79. The number of hydrogen-bond donors (Lipinski definition) is 2. The largest absolute Gasteiger partial charge is 0.481 e. The van der Waals surface area contributed by atoms with Crippen LogP contribution in [0.25, 0.3) is 0 Å². The lowest BCUT2D eigenvalue weighted by Crippen LogP contribution is -2.44. The van der Waals surface area contributed by atoms with Gasteiger partial charge in [-0.1, -0.05) is 6.92 Å². The van der Waals surface area contributed by atoms with Crippen LogP contribution in [0.1, 0.15) is 49.4 Å². The van der Waals surface area contributed by atoms with Crippen LogP contribution in [0.3, 0.4) is 0 Å². The normalized spacial score (nSPS) is 24.8. The van der Waals surface area contributed by atoms with Gasteiger partial charge in [-0.25, -0.2) is 4.79 Å². The van der Waals surface area contributed by atoms with Crippen LogP contribution < -0.4 is 20.5 Å². The van der Waals surface area contributed by atoms with E-state index in [0.29, 0.717) is 25.7 Å². The van der Waals surface area contributed by atoms with Crippen molar-refractivity contribution in [2.45, 2.75) is 63.4 Å². The van der Waals surface area contributed by atoms with Gasteiger partial charge in [-0.3, -0.25) is 14.5 Å². The van der Waals surface area contributed by atoms with Crippen LogP contribution in [0.2, 0.25) is 0 Å². The van der Waals surface area contributed by atoms with Crippen LogP contribution in [-0.2, 0) is 4.79 Å². The third kappa shape index (κ3) is 5.05. The molecule has 32 heavy (non-hydrogen) atoms. The number of halogens is 3. The van der Waals surface area contributed by atoms with Crippen molar-refractivity contribution in [1.82, 2.24) is 15.2 Å². The average Bonchev–Trinajstić information content (AvgIpc) is 3.00. The summed E-state index contributed by atoms with van der Waals surface area (Å²) >= 11 is 0. The topological polar surface area (TPSA) is 124 Å². The predicted molar refractivity (Wildman–Crippen MR) is 105 cm³/mol. The van der Waals surface area contributed by atoms with E-state index in [-0.39, 0.29) is 23.4 Å². The molecular weight excluding hydrogens is 433 g/mol. The van der Waals surface area contributed by atoms with Gasteiger partial charge in [-0.05, 0) is 38.2 Å². The van der Waals surface area contributed by atoms with Crippen LogP contribution in [0.15, 0.2) is 12.1 Å². The van der Waals surface area contributed by atoms with E-state index >= 15 is 0 Å². The molecule has 1 saturated carbocycles. The number of hydrogen-bond acceptors (Lipinski definition) is 6. The molecule has 176 valence electrons. The maximum absolute atomic E-state index is 12.8. The number of alkyl halides is 3. The lowest BCUT2D eigenvalue weighted by Gasteiger charge is -2.33. The molecule has 2 fully saturated rings. The Morgan fingerprint density at radius 3 is 2.50 bits per heavy atom. The Labute approximate surface area is 182 Å². The molecule has 1 saturated heterocycles. The molecule has 12 heteroatoms. The van der Waals surface area contributed by atoms with Gasteiger partial charge >= 0.3 is 12.2 Å². The first-order chi connectivity index (χ1) is 15.0. The number of urea groups is 1. The number of ether oxygens (including phenoxy) is 2. The second-order valence-electron chi connectivity index (χ2n) is 8.01. The molecule has 9 nitrogen and oxygen atoms in total. The summed E-state index contributed by atoms with van der Waals surface area (Å²) < 4.78 is 49.4. The van der Waals surface area contributed by atoms with Gasteiger partial charge in [0.1, 0.15) is 17.7 Å². The molecule has 0 radical (unpaired) electrons. The SMILES string of the molecule is COc1ccc(C(N)=O)c(O[C@H]2CC[C@H](N3C(=O)N[C@@H](CC(C)C(F)(F)F)C3=O)CC2)n1. The van der Waals surface area contributed by atoms with Crippen molar-refractivity contribution in [1.29, 1.82) is 0 Å². The van der Waals surface area contributed by atoms with E-state index in [1.54, 1.807) is 0 Å². The Morgan fingerprint density at radius 2 is 1.94 bits per heavy atom. The number of pyridine rings is 1. The van der Waals surface area contributed by atoms with E-state index in [1.807, 2.05) is 0 Å². The summed E-state index contributed by atoms with van der Waals surface area (Å²) in [5.74, 6) is -2.77. The molecule has 4 amide bonds. The lowest BCUT2D eigenvalue weighted by molar-refractivity contribution is -0.172. The van der Waals surface area contributed by atoms with Gasteiger partial charge in [0.05, 0.1) is 13.0 Å². The van der Waals surface area contributed by atoms with Crippen molar-refractivity contribution < 1.29 is 37.0 Å². The third-order valence-corrected chi connectivity index (χ3v) is 5.80. The minimum absolute atomic E-state index is 0.0384. The van der Waals surface area contributed by atoms with Crippen LogP contribution in [-0.4, -0.2) is 59.2 Å². The zero-order valence-corrected chi connectivity index (χ0v) is 17.6. The van der Waals surface area contributed by atoms with Gasteiger partial charge in [-0.15, -0.1) is 0 Å². The molecule has 0 aromatic carbocycles. The summed E-state index contributed by atoms with van der Waals surface area (Å²) in [6.07, 6.45) is -3.58. The van der Waals surface area contributed by atoms with Crippen molar-refractivity contribution in [2.75, 3.05) is 7.11 Å². The minimum Gasteiger partial charge on any atom is -0.481 e.